The molecule has 0 bridgehead atoms. The van der Waals surface area contributed by atoms with Gasteiger partial charge in [0, 0.05) is 18.7 Å². The summed E-state index contributed by atoms with van der Waals surface area (Å²) >= 11 is 0. The molecule has 0 fully saturated rings. The number of aliphatic hydroxyl groups excluding tert-OH is 1. The lowest BCUT2D eigenvalue weighted by molar-refractivity contribution is -0.137. The minimum atomic E-state index is -4.57. The van der Waals surface area contributed by atoms with E-state index in [1.165, 1.54) is 13.0 Å². The third kappa shape index (κ3) is 7.65. The van der Waals surface area contributed by atoms with Crippen molar-refractivity contribution in [2.24, 2.45) is 0 Å². The van der Waals surface area contributed by atoms with Crippen LogP contribution in [0.4, 0.5) is 13.2 Å². The number of hydrogen-bond acceptors (Lipinski definition) is 4. The quantitative estimate of drug-likeness (QED) is 0.472. The van der Waals surface area contributed by atoms with Gasteiger partial charge in [-0.05, 0) is 50.1 Å². The number of amides is 2. The highest BCUT2D eigenvalue weighted by Crippen LogP contribution is 2.29. The molecule has 0 saturated carbocycles. The van der Waals surface area contributed by atoms with E-state index in [1.807, 2.05) is 26.0 Å². The van der Waals surface area contributed by atoms with Gasteiger partial charge < -0.3 is 21.1 Å². The molecule has 2 aromatic rings. The molecule has 0 heterocycles. The van der Waals surface area contributed by atoms with Crippen molar-refractivity contribution in [2.45, 2.75) is 45.6 Å². The predicted molar refractivity (Wildman–Crippen MR) is 115 cm³/mol. The average Bonchev–Trinajstić information content (AvgIpc) is 2.72. The smallest absolute Gasteiger partial charge is 0.391 e. The highest BCUT2D eigenvalue weighted by atomic mass is 19.4. The summed E-state index contributed by atoms with van der Waals surface area (Å²) in [6.07, 6.45) is -5.42. The van der Waals surface area contributed by atoms with Gasteiger partial charge in [0.05, 0.1) is 24.3 Å². The van der Waals surface area contributed by atoms with E-state index in [1.54, 1.807) is 0 Å². The Morgan fingerprint density at radius 1 is 1.09 bits per heavy atom. The SMILES string of the molecule is Cc1ccc(CNC[C@H](NC(=O)CNC(=O)c2cccc(C(F)(F)F)c2)C(C)O)c(C)c1. The van der Waals surface area contributed by atoms with E-state index in [0.717, 1.165) is 34.9 Å². The Kier molecular flexibility index (Phi) is 8.80. The first-order valence-corrected chi connectivity index (χ1v) is 10.2. The molecular formula is C23H28F3N3O3. The largest absolute Gasteiger partial charge is 0.416 e. The summed E-state index contributed by atoms with van der Waals surface area (Å²) in [5, 5.41) is 18.1. The van der Waals surface area contributed by atoms with Crippen molar-refractivity contribution >= 4 is 11.8 Å². The Balaban J connectivity index is 1.85. The van der Waals surface area contributed by atoms with Gasteiger partial charge in [-0.3, -0.25) is 9.59 Å². The first kappa shape index (κ1) is 25.4. The fourth-order valence-electron chi connectivity index (χ4n) is 3.11. The molecule has 0 aromatic heterocycles. The monoisotopic (exact) mass is 451 g/mol. The first-order valence-electron chi connectivity index (χ1n) is 10.2. The summed E-state index contributed by atoms with van der Waals surface area (Å²) in [6, 6.07) is 9.42. The van der Waals surface area contributed by atoms with E-state index < -0.39 is 42.2 Å². The number of aliphatic hydroxyl groups is 1. The molecule has 6 nitrogen and oxygen atoms in total. The summed E-state index contributed by atoms with van der Waals surface area (Å²) < 4.78 is 38.4. The second kappa shape index (κ2) is 11.1. The molecule has 32 heavy (non-hydrogen) atoms. The molecule has 0 aliphatic carbocycles. The van der Waals surface area contributed by atoms with Gasteiger partial charge in [0.15, 0.2) is 0 Å². The fraction of sp³-hybridized carbons (Fsp3) is 0.391. The molecule has 2 amide bonds. The van der Waals surface area contributed by atoms with Crippen molar-refractivity contribution in [3.8, 4) is 0 Å². The second-order valence-corrected chi connectivity index (χ2v) is 7.74. The van der Waals surface area contributed by atoms with Crippen LogP contribution in [-0.4, -0.2) is 42.2 Å². The highest BCUT2D eigenvalue weighted by Gasteiger charge is 2.31. The van der Waals surface area contributed by atoms with Gasteiger partial charge in [0.1, 0.15) is 0 Å². The average molecular weight is 451 g/mol. The van der Waals surface area contributed by atoms with Crippen LogP contribution < -0.4 is 16.0 Å². The van der Waals surface area contributed by atoms with Gasteiger partial charge in [-0.25, -0.2) is 0 Å². The van der Waals surface area contributed by atoms with Crippen LogP contribution in [0.2, 0.25) is 0 Å². The van der Waals surface area contributed by atoms with Gasteiger partial charge in [-0.1, -0.05) is 29.8 Å². The normalized spacial score (nSPS) is 13.3. The van der Waals surface area contributed by atoms with Gasteiger partial charge in [-0.2, -0.15) is 13.2 Å². The first-order chi connectivity index (χ1) is 15.0. The second-order valence-electron chi connectivity index (χ2n) is 7.74. The maximum Gasteiger partial charge on any atom is 0.416 e. The zero-order chi connectivity index (χ0) is 23.9. The molecule has 2 atom stereocenters. The van der Waals surface area contributed by atoms with E-state index >= 15 is 0 Å². The van der Waals surface area contributed by atoms with Crippen LogP contribution in [0.5, 0.6) is 0 Å². The summed E-state index contributed by atoms with van der Waals surface area (Å²) in [5.41, 5.74) is 2.24. The number of nitrogens with one attached hydrogen (secondary N) is 3. The van der Waals surface area contributed by atoms with E-state index in [2.05, 4.69) is 22.0 Å². The number of aryl methyl sites for hydroxylation is 2. The van der Waals surface area contributed by atoms with Gasteiger partial charge in [-0.15, -0.1) is 0 Å². The van der Waals surface area contributed by atoms with Crippen molar-refractivity contribution in [2.75, 3.05) is 13.1 Å². The molecule has 4 N–H and O–H groups in total. The van der Waals surface area contributed by atoms with Crippen molar-refractivity contribution < 1.29 is 27.9 Å². The number of halogens is 3. The van der Waals surface area contributed by atoms with E-state index in [0.29, 0.717) is 6.54 Å². The summed E-state index contributed by atoms with van der Waals surface area (Å²) in [4.78, 5) is 24.3. The molecular weight excluding hydrogens is 423 g/mol. The molecule has 0 aliphatic rings. The Labute approximate surface area is 185 Å². The van der Waals surface area contributed by atoms with Crippen molar-refractivity contribution in [1.29, 1.82) is 0 Å². The highest BCUT2D eigenvalue weighted by molar-refractivity contribution is 5.96. The molecule has 0 aliphatic heterocycles. The predicted octanol–water partition coefficient (Wildman–Crippen LogP) is 2.71. The maximum absolute atomic E-state index is 12.8. The van der Waals surface area contributed by atoms with Crippen molar-refractivity contribution in [3.05, 3.63) is 70.3 Å². The molecule has 9 heteroatoms. The van der Waals surface area contributed by atoms with Crippen LogP contribution in [0.1, 0.15) is 39.5 Å². The van der Waals surface area contributed by atoms with Crippen molar-refractivity contribution in [1.82, 2.24) is 16.0 Å². The minimum absolute atomic E-state index is 0.199. The van der Waals surface area contributed by atoms with Crippen LogP contribution in [0.3, 0.4) is 0 Å². The van der Waals surface area contributed by atoms with Crippen LogP contribution in [0, 0.1) is 13.8 Å². The fourth-order valence-corrected chi connectivity index (χ4v) is 3.11. The Bertz CT molecular complexity index is 946. The molecule has 2 rings (SSSR count). The zero-order valence-electron chi connectivity index (χ0n) is 18.2. The number of carbonyl (C=O) groups is 2. The van der Waals surface area contributed by atoms with E-state index in [4.69, 9.17) is 0 Å². The minimum Gasteiger partial charge on any atom is -0.391 e. The third-order valence-electron chi connectivity index (χ3n) is 4.97. The standard InChI is InChI=1S/C23H28F3N3O3/c1-14-7-8-18(15(2)9-14)11-27-12-20(16(3)30)29-21(31)13-28-22(32)17-5-4-6-19(10-17)23(24,25)26/h4-10,16,20,27,30H,11-13H2,1-3H3,(H,28,32)(H,29,31)/t16?,20-/m0/s1. The summed E-state index contributed by atoms with van der Waals surface area (Å²) in [5.74, 6) is -1.36. The molecule has 2 aromatic carbocycles. The molecule has 0 radical (unpaired) electrons. The van der Waals surface area contributed by atoms with Crippen LogP contribution in [0.25, 0.3) is 0 Å². The maximum atomic E-state index is 12.8. The topological polar surface area (TPSA) is 90.5 Å². The number of hydrogen-bond donors (Lipinski definition) is 4. The third-order valence-corrected chi connectivity index (χ3v) is 4.97. The summed E-state index contributed by atoms with van der Waals surface area (Å²) in [6.45, 7) is 5.95. The van der Waals surface area contributed by atoms with Crippen LogP contribution in [0.15, 0.2) is 42.5 Å². The van der Waals surface area contributed by atoms with Crippen molar-refractivity contribution in [3.63, 3.8) is 0 Å². The molecule has 0 spiro atoms. The lowest BCUT2D eigenvalue weighted by atomic mass is 10.1. The zero-order valence-corrected chi connectivity index (χ0v) is 18.2. The molecule has 1 unspecified atom stereocenters. The number of benzene rings is 2. The van der Waals surface area contributed by atoms with Crippen LogP contribution >= 0.6 is 0 Å². The Morgan fingerprint density at radius 3 is 2.44 bits per heavy atom. The number of alkyl halides is 3. The number of carbonyl (C=O) groups excluding carboxylic acids is 2. The lowest BCUT2D eigenvalue weighted by Crippen LogP contribution is -2.50. The van der Waals surface area contributed by atoms with Crippen LogP contribution in [-0.2, 0) is 17.5 Å². The Hall–Kier alpha value is -2.91. The van der Waals surface area contributed by atoms with Gasteiger partial charge >= 0.3 is 6.18 Å². The summed E-state index contributed by atoms with van der Waals surface area (Å²) in [7, 11) is 0. The lowest BCUT2D eigenvalue weighted by Gasteiger charge is -2.22. The molecule has 0 saturated heterocycles. The van der Waals surface area contributed by atoms with Gasteiger partial charge in [0.25, 0.3) is 5.91 Å². The Morgan fingerprint density at radius 2 is 1.81 bits per heavy atom. The van der Waals surface area contributed by atoms with E-state index in [-0.39, 0.29) is 12.1 Å². The van der Waals surface area contributed by atoms with Gasteiger partial charge in [0.2, 0.25) is 5.91 Å². The molecule has 174 valence electrons. The number of rotatable bonds is 9. The van der Waals surface area contributed by atoms with E-state index in [9.17, 15) is 27.9 Å².